The average molecular weight is 133 g/mol. The Balaban J connectivity index is 2.25. The lowest BCUT2D eigenvalue weighted by Gasteiger charge is -2.26. The van der Waals surface area contributed by atoms with Crippen molar-refractivity contribution in [1.82, 2.24) is 4.90 Å². The first-order valence-corrected chi connectivity index (χ1v) is 3.46. The molecule has 3 aliphatic heterocycles. The van der Waals surface area contributed by atoms with E-state index in [1.54, 1.807) is 0 Å². The molecule has 0 fully saturated rings. The van der Waals surface area contributed by atoms with E-state index in [0.717, 1.165) is 12.3 Å². The molecule has 0 spiro atoms. The largest absolute Gasteiger partial charge is 0.482 e. The van der Waals surface area contributed by atoms with E-state index in [4.69, 9.17) is 4.74 Å². The van der Waals surface area contributed by atoms with Gasteiger partial charge < -0.3 is 9.64 Å². The Bertz CT molecular complexity index is 275. The van der Waals surface area contributed by atoms with Crippen LogP contribution >= 0.6 is 0 Å². The van der Waals surface area contributed by atoms with Crippen molar-refractivity contribution in [2.45, 2.75) is 6.10 Å². The Kier molecular flexibility index (Phi) is 0.592. The molecular weight excluding hydrogens is 126 g/mol. The van der Waals surface area contributed by atoms with Crippen molar-refractivity contribution < 1.29 is 4.74 Å². The Hall–Kier alpha value is -1.18. The minimum Gasteiger partial charge on any atom is -0.482 e. The lowest BCUT2D eigenvalue weighted by molar-refractivity contribution is 0.129. The van der Waals surface area contributed by atoms with Gasteiger partial charge in [0.1, 0.15) is 11.9 Å². The van der Waals surface area contributed by atoms with Gasteiger partial charge in [0.05, 0.1) is 6.54 Å². The van der Waals surface area contributed by atoms with Crippen molar-refractivity contribution in [3.8, 4) is 0 Å². The molecule has 0 amide bonds. The van der Waals surface area contributed by atoms with Gasteiger partial charge in [0, 0.05) is 18.0 Å². The topological polar surface area (TPSA) is 12.5 Å². The molecule has 3 heterocycles. The van der Waals surface area contributed by atoms with Crippen LogP contribution in [0, 0.1) is 0 Å². The second-order valence-electron chi connectivity index (χ2n) is 2.78. The first-order chi connectivity index (χ1) is 4.92. The van der Waals surface area contributed by atoms with Crippen molar-refractivity contribution in [2.24, 2.45) is 0 Å². The number of fused-ring (bicyclic) bond motifs is 2. The van der Waals surface area contributed by atoms with E-state index in [9.17, 15) is 0 Å². The maximum atomic E-state index is 5.51. The predicted molar refractivity (Wildman–Crippen MR) is 36.9 cm³/mol. The highest BCUT2D eigenvalue weighted by Gasteiger charge is 2.29. The first-order valence-electron chi connectivity index (χ1n) is 3.46. The number of hydrogen-bond donors (Lipinski definition) is 0. The Morgan fingerprint density at radius 2 is 2.60 bits per heavy atom. The number of ether oxygens (including phenoxy) is 1. The van der Waals surface area contributed by atoms with Gasteiger partial charge in [0.25, 0.3) is 0 Å². The molecule has 3 rings (SSSR count). The molecule has 0 radical (unpaired) electrons. The standard InChI is InChI=1S/C8H7NO/c1-2-9-4-7-3-6(1)8(5-9)10-7/h1-3,5,7H,4H2/t7-/m1/s1. The fourth-order valence-electron chi connectivity index (χ4n) is 1.57. The van der Waals surface area contributed by atoms with E-state index >= 15 is 0 Å². The van der Waals surface area contributed by atoms with E-state index in [1.165, 1.54) is 5.57 Å². The molecule has 2 nitrogen and oxygen atoms in total. The molecule has 3 aliphatic rings. The van der Waals surface area contributed by atoms with Crippen LogP contribution in [0.15, 0.2) is 35.9 Å². The fraction of sp³-hybridized carbons (Fsp3) is 0.250. The van der Waals surface area contributed by atoms with Crippen LogP contribution in [0.1, 0.15) is 0 Å². The molecule has 0 saturated carbocycles. The summed E-state index contributed by atoms with van der Waals surface area (Å²) in [6.07, 6.45) is 8.73. The zero-order valence-corrected chi connectivity index (χ0v) is 5.45. The second kappa shape index (κ2) is 1.29. The van der Waals surface area contributed by atoms with Gasteiger partial charge in [-0.05, 0) is 12.2 Å². The molecule has 0 aliphatic carbocycles. The lowest BCUT2D eigenvalue weighted by Crippen LogP contribution is -2.27. The zero-order chi connectivity index (χ0) is 6.55. The molecule has 1 atom stereocenters. The third-order valence-corrected chi connectivity index (χ3v) is 2.05. The van der Waals surface area contributed by atoms with Gasteiger partial charge in [-0.1, -0.05) is 0 Å². The quantitative estimate of drug-likeness (QED) is 0.488. The molecule has 10 heavy (non-hydrogen) atoms. The summed E-state index contributed by atoms with van der Waals surface area (Å²) in [6.45, 7) is 0.976. The molecule has 3 bridgehead atoms. The highest BCUT2D eigenvalue weighted by Crippen LogP contribution is 2.32. The van der Waals surface area contributed by atoms with E-state index in [2.05, 4.69) is 29.5 Å². The van der Waals surface area contributed by atoms with Crippen LogP contribution in [0.5, 0.6) is 0 Å². The SMILES string of the molecule is C1=CN2C=C3O[C@H](C=C13)C2. The van der Waals surface area contributed by atoms with Crippen molar-refractivity contribution in [3.05, 3.63) is 35.9 Å². The number of rotatable bonds is 0. The third kappa shape index (κ3) is 0.407. The normalized spacial score (nSPS) is 32.0. The molecule has 50 valence electrons. The number of allylic oxidation sites excluding steroid dienone is 1. The van der Waals surface area contributed by atoms with Gasteiger partial charge >= 0.3 is 0 Å². The minimum absolute atomic E-state index is 0.310. The second-order valence-corrected chi connectivity index (χ2v) is 2.78. The van der Waals surface area contributed by atoms with Crippen LogP contribution in [-0.2, 0) is 4.74 Å². The summed E-state index contributed by atoms with van der Waals surface area (Å²) in [5.41, 5.74) is 1.25. The zero-order valence-electron chi connectivity index (χ0n) is 5.45. The summed E-state index contributed by atoms with van der Waals surface area (Å²) >= 11 is 0. The average Bonchev–Trinajstić information content (AvgIpc) is 2.11. The van der Waals surface area contributed by atoms with E-state index in [1.807, 2.05) is 0 Å². The smallest absolute Gasteiger partial charge is 0.143 e. The maximum absolute atomic E-state index is 5.51. The first kappa shape index (κ1) is 4.61. The van der Waals surface area contributed by atoms with Crippen LogP contribution in [0.3, 0.4) is 0 Å². The molecule has 0 aromatic heterocycles. The van der Waals surface area contributed by atoms with Crippen molar-refractivity contribution in [1.29, 1.82) is 0 Å². The number of hydrogen-bond acceptors (Lipinski definition) is 2. The van der Waals surface area contributed by atoms with Gasteiger partial charge in [-0.3, -0.25) is 0 Å². The van der Waals surface area contributed by atoms with Gasteiger partial charge in [-0.15, -0.1) is 0 Å². The van der Waals surface area contributed by atoms with Crippen LogP contribution in [0.25, 0.3) is 0 Å². The summed E-state index contributed by atoms with van der Waals surface area (Å²) in [5.74, 6) is 1.04. The summed E-state index contributed by atoms with van der Waals surface area (Å²) < 4.78 is 5.51. The van der Waals surface area contributed by atoms with Crippen molar-refractivity contribution >= 4 is 0 Å². The molecule has 0 N–H and O–H groups in total. The molecule has 2 heteroatoms. The summed E-state index contributed by atoms with van der Waals surface area (Å²) in [4.78, 5) is 2.16. The van der Waals surface area contributed by atoms with Crippen LogP contribution in [0.4, 0.5) is 0 Å². The van der Waals surface area contributed by atoms with Crippen LogP contribution in [0.2, 0.25) is 0 Å². The Morgan fingerprint density at radius 3 is 3.60 bits per heavy atom. The molecule has 0 saturated heterocycles. The van der Waals surface area contributed by atoms with Gasteiger partial charge in [-0.2, -0.15) is 0 Å². The molecule has 0 aromatic rings. The van der Waals surface area contributed by atoms with Crippen molar-refractivity contribution in [2.75, 3.05) is 6.54 Å². The van der Waals surface area contributed by atoms with Crippen LogP contribution in [-0.4, -0.2) is 17.5 Å². The molecule has 0 unspecified atom stereocenters. The monoisotopic (exact) mass is 133 g/mol. The predicted octanol–water partition coefficient (Wildman–Crippen LogP) is 0.996. The lowest BCUT2D eigenvalue weighted by atomic mass is 10.2. The highest BCUT2D eigenvalue weighted by molar-refractivity contribution is 5.45. The molecule has 0 aromatic carbocycles. The number of nitrogens with zero attached hydrogens (tertiary/aromatic N) is 1. The van der Waals surface area contributed by atoms with E-state index < -0.39 is 0 Å². The highest BCUT2D eigenvalue weighted by atomic mass is 16.5. The van der Waals surface area contributed by atoms with Gasteiger partial charge in [-0.25, -0.2) is 0 Å². The maximum Gasteiger partial charge on any atom is 0.143 e. The Labute approximate surface area is 59.1 Å². The van der Waals surface area contributed by atoms with Crippen LogP contribution < -0.4 is 0 Å². The van der Waals surface area contributed by atoms with Crippen molar-refractivity contribution in [3.63, 3.8) is 0 Å². The molecular formula is C8H7NO. The summed E-state index contributed by atoms with van der Waals surface area (Å²) in [6, 6.07) is 0. The third-order valence-electron chi connectivity index (χ3n) is 2.05. The minimum atomic E-state index is 0.310. The summed E-state index contributed by atoms with van der Waals surface area (Å²) in [5, 5.41) is 0. The fourth-order valence-corrected chi connectivity index (χ4v) is 1.57. The summed E-state index contributed by atoms with van der Waals surface area (Å²) in [7, 11) is 0. The van der Waals surface area contributed by atoms with Gasteiger partial charge in [0.15, 0.2) is 0 Å². The van der Waals surface area contributed by atoms with E-state index in [-0.39, 0.29) is 0 Å². The van der Waals surface area contributed by atoms with E-state index in [0.29, 0.717) is 6.10 Å². The Morgan fingerprint density at radius 1 is 1.60 bits per heavy atom. The van der Waals surface area contributed by atoms with Gasteiger partial charge in [0.2, 0.25) is 0 Å².